The standard InChI is InChI=1S/C13H20N4/c1-13(2,10-14)5-7-17-8-6-15-12(17)9-16-11-3-4-11/h6,8,11,16H,3-5,7,9H2,1-2H3. The van der Waals surface area contributed by atoms with Crippen LogP contribution in [0.1, 0.15) is 38.9 Å². The normalized spacial score (nSPS) is 15.8. The molecule has 1 N–H and O–H groups in total. The molecule has 0 aromatic carbocycles. The van der Waals surface area contributed by atoms with Crippen molar-refractivity contribution in [2.45, 2.75) is 52.2 Å². The number of aromatic nitrogens is 2. The van der Waals surface area contributed by atoms with E-state index in [2.05, 4.69) is 20.9 Å². The molecule has 1 fully saturated rings. The maximum Gasteiger partial charge on any atom is 0.122 e. The van der Waals surface area contributed by atoms with E-state index < -0.39 is 0 Å². The molecule has 1 aromatic heterocycles. The summed E-state index contributed by atoms with van der Waals surface area (Å²) in [6.07, 6.45) is 7.28. The van der Waals surface area contributed by atoms with Gasteiger partial charge in [0.1, 0.15) is 5.82 Å². The molecule has 2 rings (SSSR count). The highest BCUT2D eigenvalue weighted by Gasteiger charge is 2.21. The van der Waals surface area contributed by atoms with Gasteiger partial charge in [0.15, 0.2) is 0 Å². The Hall–Kier alpha value is -1.34. The van der Waals surface area contributed by atoms with Gasteiger partial charge in [0.05, 0.1) is 18.0 Å². The van der Waals surface area contributed by atoms with Crippen LogP contribution in [0.15, 0.2) is 12.4 Å². The van der Waals surface area contributed by atoms with Gasteiger partial charge >= 0.3 is 0 Å². The molecule has 0 spiro atoms. The van der Waals surface area contributed by atoms with E-state index >= 15 is 0 Å². The summed E-state index contributed by atoms with van der Waals surface area (Å²) in [4.78, 5) is 4.36. The second kappa shape index (κ2) is 4.89. The summed E-state index contributed by atoms with van der Waals surface area (Å²) in [5.74, 6) is 1.07. The van der Waals surface area contributed by atoms with Crippen molar-refractivity contribution in [3.8, 4) is 6.07 Å². The van der Waals surface area contributed by atoms with Crippen molar-refractivity contribution in [2.75, 3.05) is 0 Å². The Balaban J connectivity index is 1.87. The fraction of sp³-hybridized carbons (Fsp3) is 0.692. The molecule has 0 aliphatic heterocycles. The number of nitriles is 1. The van der Waals surface area contributed by atoms with Crippen LogP contribution < -0.4 is 5.32 Å². The molecular weight excluding hydrogens is 212 g/mol. The molecule has 0 amide bonds. The van der Waals surface area contributed by atoms with Crippen LogP contribution in [0.4, 0.5) is 0 Å². The van der Waals surface area contributed by atoms with Crippen molar-refractivity contribution in [3.63, 3.8) is 0 Å². The molecule has 4 nitrogen and oxygen atoms in total. The van der Waals surface area contributed by atoms with Gasteiger partial charge in [0.25, 0.3) is 0 Å². The van der Waals surface area contributed by atoms with Crippen LogP contribution in [-0.2, 0) is 13.1 Å². The highest BCUT2D eigenvalue weighted by Crippen LogP contribution is 2.21. The van der Waals surface area contributed by atoms with Crippen molar-refractivity contribution in [1.82, 2.24) is 14.9 Å². The third kappa shape index (κ3) is 3.57. The second-order valence-electron chi connectivity index (χ2n) is 5.44. The van der Waals surface area contributed by atoms with Gasteiger partial charge in [-0.3, -0.25) is 0 Å². The Morgan fingerprint density at radius 1 is 1.59 bits per heavy atom. The number of rotatable bonds is 6. The van der Waals surface area contributed by atoms with E-state index in [-0.39, 0.29) is 5.41 Å². The molecule has 0 bridgehead atoms. The molecular formula is C13H20N4. The average molecular weight is 232 g/mol. The van der Waals surface area contributed by atoms with Crippen LogP contribution in [0.25, 0.3) is 0 Å². The van der Waals surface area contributed by atoms with E-state index in [4.69, 9.17) is 5.26 Å². The Labute approximate surface area is 103 Å². The molecule has 1 heterocycles. The molecule has 0 radical (unpaired) electrons. The topological polar surface area (TPSA) is 53.6 Å². The monoisotopic (exact) mass is 232 g/mol. The van der Waals surface area contributed by atoms with Crippen molar-refractivity contribution in [2.24, 2.45) is 5.41 Å². The number of hydrogen-bond acceptors (Lipinski definition) is 3. The van der Waals surface area contributed by atoms with E-state index in [0.717, 1.165) is 25.3 Å². The van der Waals surface area contributed by atoms with Crippen LogP contribution in [0.2, 0.25) is 0 Å². The molecule has 0 atom stereocenters. The molecule has 92 valence electrons. The van der Waals surface area contributed by atoms with Crippen LogP contribution in [0.3, 0.4) is 0 Å². The highest BCUT2D eigenvalue weighted by atomic mass is 15.1. The lowest BCUT2D eigenvalue weighted by atomic mass is 9.91. The lowest BCUT2D eigenvalue weighted by Gasteiger charge is -2.16. The molecule has 1 aliphatic carbocycles. The van der Waals surface area contributed by atoms with Gasteiger partial charge in [0, 0.05) is 25.0 Å². The molecule has 0 saturated heterocycles. The summed E-state index contributed by atoms with van der Waals surface area (Å²) < 4.78 is 2.15. The largest absolute Gasteiger partial charge is 0.334 e. The van der Waals surface area contributed by atoms with Crippen LogP contribution in [0.5, 0.6) is 0 Å². The van der Waals surface area contributed by atoms with Gasteiger partial charge in [-0.2, -0.15) is 5.26 Å². The number of imidazole rings is 1. The van der Waals surface area contributed by atoms with Crippen LogP contribution in [-0.4, -0.2) is 15.6 Å². The van der Waals surface area contributed by atoms with E-state index in [1.54, 1.807) is 0 Å². The third-order valence-corrected chi connectivity index (χ3v) is 3.21. The summed E-state index contributed by atoms with van der Waals surface area (Å²) >= 11 is 0. The second-order valence-corrected chi connectivity index (χ2v) is 5.44. The Morgan fingerprint density at radius 3 is 3.00 bits per heavy atom. The highest BCUT2D eigenvalue weighted by molar-refractivity contribution is 4.96. The Kier molecular flexibility index (Phi) is 3.49. The van der Waals surface area contributed by atoms with E-state index in [1.165, 1.54) is 12.8 Å². The zero-order chi connectivity index (χ0) is 12.3. The quantitative estimate of drug-likeness (QED) is 0.817. The molecule has 1 aromatic rings. The molecule has 0 unspecified atom stereocenters. The predicted molar refractivity (Wildman–Crippen MR) is 66.1 cm³/mol. The number of hydrogen-bond donors (Lipinski definition) is 1. The lowest BCUT2D eigenvalue weighted by Crippen LogP contribution is -2.20. The summed E-state index contributed by atoms with van der Waals surface area (Å²) in [7, 11) is 0. The first-order valence-electron chi connectivity index (χ1n) is 6.25. The molecule has 4 heteroatoms. The maximum absolute atomic E-state index is 8.99. The average Bonchev–Trinajstić information content (AvgIpc) is 3.03. The Morgan fingerprint density at radius 2 is 2.35 bits per heavy atom. The van der Waals surface area contributed by atoms with E-state index in [0.29, 0.717) is 6.04 Å². The smallest absolute Gasteiger partial charge is 0.122 e. The summed E-state index contributed by atoms with van der Waals surface area (Å²) in [6.45, 7) is 5.66. The number of aryl methyl sites for hydroxylation is 1. The first kappa shape index (κ1) is 12.1. The van der Waals surface area contributed by atoms with Crippen LogP contribution >= 0.6 is 0 Å². The van der Waals surface area contributed by atoms with Crippen molar-refractivity contribution >= 4 is 0 Å². The van der Waals surface area contributed by atoms with Gasteiger partial charge in [-0.25, -0.2) is 4.98 Å². The van der Waals surface area contributed by atoms with Gasteiger partial charge in [-0.1, -0.05) is 0 Å². The first-order valence-corrected chi connectivity index (χ1v) is 6.25. The Bertz CT molecular complexity index is 409. The van der Waals surface area contributed by atoms with Gasteiger partial charge < -0.3 is 9.88 Å². The number of nitrogens with one attached hydrogen (secondary N) is 1. The zero-order valence-electron chi connectivity index (χ0n) is 10.6. The van der Waals surface area contributed by atoms with Crippen molar-refractivity contribution in [3.05, 3.63) is 18.2 Å². The third-order valence-electron chi connectivity index (χ3n) is 3.21. The SMILES string of the molecule is CC(C)(C#N)CCn1ccnc1CNC1CC1. The van der Waals surface area contributed by atoms with Crippen molar-refractivity contribution in [1.29, 1.82) is 5.26 Å². The minimum Gasteiger partial charge on any atom is -0.334 e. The minimum absolute atomic E-state index is 0.258. The van der Waals surface area contributed by atoms with Crippen molar-refractivity contribution < 1.29 is 0 Å². The predicted octanol–water partition coefficient (Wildman–Crippen LogP) is 2.07. The fourth-order valence-electron chi connectivity index (χ4n) is 1.69. The summed E-state index contributed by atoms with van der Waals surface area (Å²) in [5, 5.41) is 12.5. The lowest BCUT2D eigenvalue weighted by molar-refractivity contribution is 0.406. The summed E-state index contributed by atoms with van der Waals surface area (Å²) in [6, 6.07) is 3.04. The van der Waals surface area contributed by atoms with E-state index in [1.807, 2.05) is 26.2 Å². The maximum atomic E-state index is 8.99. The first-order chi connectivity index (χ1) is 8.11. The molecule has 1 aliphatic rings. The molecule has 1 saturated carbocycles. The summed E-state index contributed by atoms with van der Waals surface area (Å²) in [5.41, 5.74) is -0.258. The van der Waals surface area contributed by atoms with E-state index in [9.17, 15) is 0 Å². The zero-order valence-corrected chi connectivity index (χ0v) is 10.6. The minimum atomic E-state index is -0.258. The fourth-order valence-corrected chi connectivity index (χ4v) is 1.69. The van der Waals surface area contributed by atoms with Gasteiger partial charge in [-0.15, -0.1) is 0 Å². The van der Waals surface area contributed by atoms with Gasteiger partial charge in [-0.05, 0) is 33.1 Å². The van der Waals surface area contributed by atoms with Gasteiger partial charge in [0.2, 0.25) is 0 Å². The van der Waals surface area contributed by atoms with Crippen LogP contribution in [0, 0.1) is 16.7 Å². The number of nitrogens with zero attached hydrogens (tertiary/aromatic N) is 3. The molecule has 17 heavy (non-hydrogen) atoms.